The summed E-state index contributed by atoms with van der Waals surface area (Å²) in [5.74, 6) is 4.01. The summed E-state index contributed by atoms with van der Waals surface area (Å²) < 4.78 is 5.76. The third-order valence-electron chi connectivity index (χ3n) is 4.70. The Balaban J connectivity index is 1.65. The molecule has 0 saturated heterocycles. The zero-order valence-electron chi connectivity index (χ0n) is 11.2. The maximum atomic E-state index is 5.76. The third-order valence-corrected chi connectivity index (χ3v) is 4.70. The molecule has 2 aliphatic rings. The van der Waals surface area contributed by atoms with E-state index in [-0.39, 0.29) is 0 Å². The maximum absolute atomic E-state index is 5.76. The second kappa shape index (κ2) is 5.39. The van der Waals surface area contributed by atoms with Crippen LogP contribution in [0.1, 0.15) is 62.6 Å². The van der Waals surface area contributed by atoms with Gasteiger partial charge in [-0.1, -0.05) is 25.7 Å². The van der Waals surface area contributed by atoms with Crippen molar-refractivity contribution in [2.75, 3.05) is 7.05 Å². The van der Waals surface area contributed by atoms with Crippen molar-refractivity contribution in [2.45, 2.75) is 57.4 Å². The van der Waals surface area contributed by atoms with E-state index in [1.807, 2.05) is 7.05 Å². The molecule has 1 heterocycles. The van der Waals surface area contributed by atoms with Gasteiger partial charge in [-0.25, -0.2) is 0 Å². The first-order valence-electron chi connectivity index (χ1n) is 7.33. The second-order valence-electron chi connectivity index (χ2n) is 5.88. The molecule has 2 saturated carbocycles. The van der Waals surface area contributed by atoms with E-state index in [9.17, 15) is 0 Å². The molecule has 0 amide bonds. The molecule has 0 bridgehead atoms. The molecule has 0 radical (unpaired) electrons. The van der Waals surface area contributed by atoms with Gasteiger partial charge in [-0.05, 0) is 38.1 Å². The van der Waals surface area contributed by atoms with Gasteiger partial charge in [0.05, 0.1) is 6.54 Å². The van der Waals surface area contributed by atoms with Gasteiger partial charge in [0, 0.05) is 5.92 Å². The van der Waals surface area contributed by atoms with Crippen molar-refractivity contribution in [3.05, 3.63) is 11.8 Å². The molecule has 18 heavy (non-hydrogen) atoms. The van der Waals surface area contributed by atoms with Crippen LogP contribution in [0.4, 0.5) is 0 Å². The summed E-state index contributed by atoms with van der Waals surface area (Å²) >= 11 is 0. The highest BCUT2D eigenvalue weighted by Crippen LogP contribution is 2.45. The standard InChI is InChI=1S/C14H23N3O/c1-15-9-13-16-17-14(18-13)12-7-6-10-4-2-3-5-11(10)8-12/h10-12,15H,2-9H2,1H3. The Morgan fingerprint density at radius 2 is 1.94 bits per heavy atom. The SMILES string of the molecule is CNCc1nnc(C2CCC3CCCCC3C2)o1. The van der Waals surface area contributed by atoms with Crippen molar-refractivity contribution >= 4 is 0 Å². The molecule has 3 atom stereocenters. The highest BCUT2D eigenvalue weighted by molar-refractivity contribution is 4.97. The van der Waals surface area contributed by atoms with Gasteiger partial charge in [-0.15, -0.1) is 10.2 Å². The number of aromatic nitrogens is 2. The lowest BCUT2D eigenvalue weighted by atomic mass is 9.67. The maximum Gasteiger partial charge on any atom is 0.230 e. The lowest BCUT2D eigenvalue weighted by Gasteiger charge is -2.38. The van der Waals surface area contributed by atoms with Gasteiger partial charge in [0.25, 0.3) is 0 Å². The van der Waals surface area contributed by atoms with Crippen LogP contribution < -0.4 is 5.32 Å². The van der Waals surface area contributed by atoms with Crippen LogP contribution in [0.3, 0.4) is 0 Å². The normalized spacial score (nSPS) is 32.2. The molecule has 0 aromatic carbocycles. The van der Waals surface area contributed by atoms with Gasteiger partial charge >= 0.3 is 0 Å². The van der Waals surface area contributed by atoms with Crippen LogP contribution in [0, 0.1) is 11.8 Å². The van der Waals surface area contributed by atoms with Crippen LogP contribution in [-0.4, -0.2) is 17.2 Å². The average Bonchev–Trinajstić information content (AvgIpc) is 2.87. The monoisotopic (exact) mass is 249 g/mol. The fourth-order valence-electron chi connectivity index (χ4n) is 3.75. The first-order chi connectivity index (χ1) is 8.86. The van der Waals surface area contributed by atoms with Gasteiger partial charge in [0.2, 0.25) is 11.8 Å². The molecule has 1 aromatic heterocycles. The summed E-state index contributed by atoms with van der Waals surface area (Å²) in [5.41, 5.74) is 0. The topological polar surface area (TPSA) is 51.0 Å². The quantitative estimate of drug-likeness (QED) is 0.895. The first-order valence-corrected chi connectivity index (χ1v) is 7.33. The van der Waals surface area contributed by atoms with E-state index >= 15 is 0 Å². The van der Waals surface area contributed by atoms with Crippen LogP contribution in [0.5, 0.6) is 0 Å². The van der Waals surface area contributed by atoms with Crippen molar-refractivity contribution < 1.29 is 4.42 Å². The lowest BCUT2D eigenvalue weighted by molar-refractivity contribution is 0.145. The largest absolute Gasteiger partial charge is 0.424 e. The Morgan fingerprint density at radius 3 is 2.78 bits per heavy atom. The molecule has 0 spiro atoms. The molecule has 2 aliphatic carbocycles. The van der Waals surface area contributed by atoms with E-state index in [1.165, 1.54) is 44.9 Å². The minimum absolute atomic E-state index is 0.516. The minimum atomic E-state index is 0.516. The van der Waals surface area contributed by atoms with Gasteiger partial charge in [0.15, 0.2) is 0 Å². The Hall–Kier alpha value is -0.900. The molecule has 1 aromatic rings. The number of nitrogens with one attached hydrogen (secondary N) is 1. The Kier molecular flexibility index (Phi) is 3.64. The summed E-state index contributed by atoms with van der Waals surface area (Å²) in [5, 5.41) is 11.4. The van der Waals surface area contributed by atoms with Crippen molar-refractivity contribution in [3.8, 4) is 0 Å². The summed E-state index contributed by atoms with van der Waals surface area (Å²) in [6.07, 6.45) is 9.60. The molecular weight excluding hydrogens is 226 g/mol. The third kappa shape index (κ3) is 2.44. The van der Waals surface area contributed by atoms with Gasteiger partial charge < -0.3 is 9.73 Å². The zero-order chi connectivity index (χ0) is 12.4. The number of rotatable bonds is 3. The number of fused-ring (bicyclic) bond motifs is 1. The summed E-state index contributed by atoms with van der Waals surface area (Å²) in [7, 11) is 1.90. The zero-order valence-corrected chi connectivity index (χ0v) is 11.2. The fourth-order valence-corrected chi connectivity index (χ4v) is 3.75. The molecule has 100 valence electrons. The molecular formula is C14H23N3O. The summed E-state index contributed by atoms with van der Waals surface area (Å²) in [6.45, 7) is 0.672. The van der Waals surface area contributed by atoms with Gasteiger partial charge in [0.1, 0.15) is 0 Å². The molecule has 4 nitrogen and oxygen atoms in total. The van der Waals surface area contributed by atoms with Crippen LogP contribution in [0.15, 0.2) is 4.42 Å². The van der Waals surface area contributed by atoms with Crippen LogP contribution in [0.25, 0.3) is 0 Å². The van der Waals surface area contributed by atoms with Gasteiger partial charge in [-0.3, -0.25) is 0 Å². The Bertz CT molecular complexity index is 390. The van der Waals surface area contributed by atoms with Crippen molar-refractivity contribution in [1.29, 1.82) is 0 Å². The number of nitrogens with zero attached hydrogens (tertiary/aromatic N) is 2. The predicted molar refractivity (Wildman–Crippen MR) is 69.1 cm³/mol. The van der Waals surface area contributed by atoms with Crippen LogP contribution >= 0.6 is 0 Å². The molecule has 2 fully saturated rings. The molecule has 4 heteroatoms. The number of hydrogen-bond donors (Lipinski definition) is 1. The minimum Gasteiger partial charge on any atom is -0.424 e. The van der Waals surface area contributed by atoms with E-state index in [4.69, 9.17) is 4.42 Å². The first kappa shape index (κ1) is 12.2. The van der Waals surface area contributed by atoms with E-state index in [0.29, 0.717) is 12.5 Å². The van der Waals surface area contributed by atoms with E-state index in [1.54, 1.807) is 0 Å². The second-order valence-corrected chi connectivity index (χ2v) is 5.88. The van der Waals surface area contributed by atoms with Crippen molar-refractivity contribution in [2.24, 2.45) is 11.8 Å². The average molecular weight is 249 g/mol. The van der Waals surface area contributed by atoms with Crippen molar-refractivity contribution in [3.63, 3.8) is 0 Å². The highest BCUT2D eigenvalue weighted by atomic mass is 16.4. The molecule has 1 N–H and O–H groups in total. The van der Waals surface area contributed by atoms with Crippen LogP contribution in [0.2, 0.25) is 0 Å². The van der Waals surface area contributed by atoms with Crippen molar-refractivity contribution in [1.82, 2.24) is 15.5 Å². The van der Waals surface area contributed by atoms with E-state index < -0.39 is 0 Å². The molecule has 0 aliphatic heterocycles. The fraction of sp³-hybridized carbons (Fsp3) is 0.857. The summed E-state index contributed by atoms with van der Waals surface area (Å²) in [4.78, 5) is 0. The predicted octanol–water partition coefficient (Wildman–Crippen LogP) is 2.86. The Labute approximate surface area is 109 Å². The van der Waals surface area contributed by atoms with Crippen LogP contribution in [-0.2, 0) is 6.54 Å². The lowest BCUT2D eigenvalue weighted by Crippen LogP contribution is -2.26. The smallest absolute Gasteiger partial charge is 0.230 e. The van der Waals surface area contributed by atoms with E-state index in [0.717, 1.165) is 23.6 Å². The summed E-state index contributed by atoms with van der Waals surface area (Å²) in [6, 6.07) is 0. The van der Waals surface area contributed by atoms with E-state index in [2.05, 4.69) is 15.5 Å². The Morgan fingerprint density at radius 1 is 1.11 bits per heavy atom. The molecule has 3 rings (SSSR count). The highest BCUT2D eigenvalue weighted by Gasteiger charge is 2.34. The molecule has 3 unspecified atom stereocenters. The number of hydrogen-bond acceptors (Lipinski definition) is 4. The van der Waals surface area contributed by atoms with Gasteiger partial charge in [-0.2, -0.15) is 0 Å².